The maximum atomic E-state index is 5.87. The molecule has 0 unspecified atom stereocenters. The molecule has 108 valence electrons. The lowest BCUT2D eigenvalue weighted by atomic mass is 10.1. The molecule has 2 rings (SSSR count). The van der Waals surface area contributed by atoms with Gasteiger partial charge in [-0.2, -0.15) is 5.10 Å². The van der Waals surface area contributed by atoms with Gasteiger partial charge in [-0.25, -0.2) is 0 Å². The molecule has 4 N–H and O–H groups in total. The molecule has 0 saturated carbocycles. The van der Waals surface area contributed by atoms with Gasteiger partial charge < -0.3 is 11.5 Å². The standard InChI is InChI=1S/C12H16N4.3ClH/c13-11-4-5-12(14)10(9-11)3-1-7-16-8-2-6-15-16;;;/h2,4-6,8-9H,1,3,7,13-14H2;3*1H. The monoisotopic (exact) mass is 324 g/mol. The van der Waals surface area contributed by atoms with Gasteiger partial charge in [0.05, 0.1) is 0 Å². The average Bonchev–Trinajstić information content (AvgIpc) is 2.76. The van der Waals surface area contributed by atoms with Gasteiger partial charge in [0.25, 0.3) is 0 Å². The van der Waals surface area contributed by atoms with Crippen LogP contribution in [-0.2, 0) is 13.0 Å². The first-order valence-electron chi connectivity index (χ1n) is 5.37. The Morgan fingerprint density at radius 2 is 1.84 bits per heavy atom. The Kier molecular flexibility index (Phi) is 10.4. The van der Waals surface area contributed by atoms with Crippen LogP contribution in [-0.4, -0.2) is 9.78 Å². The highest BCUT2D eigenvalue weighted by Crippen LogP contribution is 2.17. The van der Waals surface area contributed by atoms with Gasteiger partial charge in [0.1, 0.15) is 0 Å². The Bertz CT molecular complexity index is 460. The molecule has 19 heavy (non-hydrogen) atoms. The summed E-state index contributed by atoms with van der Waals surface area (Å²) >= 11 is 0. The lowest BCUT2D eigenvalue weighted by Crippen LogP contribution is -2.02. The fourth-order valence-electron chi connectivity index (χ4n) is 1.71. The van der Waals surface area contributed by atoms with E-state index in [2.05, 4.69) is 5.10 Å². The van der Waals surface area contributed by atoms with Crippen LogP contribution < -0.4 is 11.5 Å². The first kappa shape index (κ1) is 20.2. The summed E-state index contributed by atoms with van der Waals surface area (Å²) in [5, 5.41) is 4.15. The lowest BCUT2D eigenvalue weighted by Gasteiger charge is -2.06. The van der Waals surface area contributed by atoms with E-state index in [9.17, 15) is 0 Å². The molecule has 2 aromatic rings. The number of hydrogen-bond donors (Lipinski definition) is 2. The summed E-state index contributed by atoms with van der Waals surface area (Å²) in [6, 6.07) is 7.55. The molecule has 7 heteroatoms. The highest BCUT2D eigenvalue weighted by atomic mass is 35.5. The van der Waals surface area contributed by atoms with E-state index in [1.807, 2.05) is 35.1 Å². The van der Waals surface area contributed by atoms with Crippen LogP contribution >= 0.6 is 37.2 Å². The minimum atomic E-state index is 0. The van der Waals surface area contributed by atoms with E-state index in [1.165, 1.54) is 0 Å². The molecule has 4 nitrogen and oxygen atoms in total. The predicted molar refractivity (Wildman–Crippen MR) is 87.6 cm³/mol. The van der Waals surface area contributed by atoms with Gasteiger partial charge in [0.2, 0.25) is 0 Å². The second kappa shape index (κ2) is 9.78. The molecule has 1 heterocycles. The maximum absolute atomic E-state index is 5.87. The third kappa shape index (κ3) is 6.05. The zero-order valence-electron chi connectivity index (χ0n) is 10.4. The molecule has 0 radical (unpaired) electrons. The van der Waals surface area contributed by atoms with Crippen molar-refractivity contribution in [3.05, 3.63) is 42.2 Å². The number of aryl methyl sites for hydroxylation is 2. The Hall–Kier alpha value is -1.10. The van der Waals surface area contributed by atoms with E-state index in [4.69, 9.17) is 11.5 Å². The Balaban J connectivity index is 0. The Morgan fingerprint density at radius 3 is 2.47 bits per heavy atom. The summed E-state index contributed by atoms with van der Waals surface area (Å²) in [5.74, 6) is 0. The number of halogens is 3. The molecular weight excluding hydrogens is 307 g/mol. The summed E-state index contributed by atoms with van der Waals surface area (Å²) in [6.45, 7) is 0.904. The van der Waals surface area contributed by atoms with Crippen LogP contribution in [0.3, 0.4) is 0 Å². The largest absolute Gasteiger partial charge is 0.399 e. The number of hydrogen-bond acceptors (Lipinski definition) is 3. The van der Waals surface area contributed by atoms with Crippen LogP contribution in [0.2, 0.25) is 0 Å². The zero-order valence-corrected chi connectivity index (χ0v) is 12.8. The zero-order chi connectivity index (χ0) is 11.4. The minimum absolute atomic E-state index is 0. The lowest BCUT2D eigenvalue weighted by molar-refractivity contribution is 0.579. The van der Waals surface area contributed by atoms with Gasteiger partial charge >= 0.3 is 0 Å². The molecule has 0 aliphatic rings. The number of nitrogens with two attached hydrogens (primary N) is 2. The second-order valence-corrected chi connectivity index (χ2v) is 3.83. The van der Waals surface area contributed by atoms with Gasteiger partial charge in [-0.3, -0.25) is 4.68 Å². The highest BCUT2D eigenvalue weighted by Gasteiger charge is 2.00. The molecule has 0 atom stereocenters. The quantitative estimate of drug-likeness (QED) is 0.849. The van der Waals surface area contributed by atoms with E-state index in [0.29, 0.717) is 0 Å². The molecule has 1 aromatic heterocycles. The summed E-state index contributed by atoms with van der Waals surface area (Å²) in [4.78, 5) is 0. The molecule has 0 spiro atoms. The van der Waals surface area contributed by atoms with Crippen molar-refractivity contribution in [1.29, 1.82) is 0 Å². The third-order valence-corrected chi connectivity index (χ3v) is 2.56. The average molecular weight is 326 g/mol. The molecule has 1 aromatic carbocycles. The highest BCUT2D eigenvalue weighted by molar-refractivity contribution is 5.86. The van der Waals surface area contributed by atoms with Crippen LogP contribution in [0.5, 0.6) is 0 Å². The fraction of sp³-hybridized carbons (Fsp3) is 0.250. The molecule has 0 aliphatic heterocycles. The van der Waals surface area contributed by atoms with E-state index in [0.717, 1.165) is 36.3 Å². The van der Waals surface area contributed by atoms with Crippen LogP contribution in [0.1, 0.15) is 12.0 Å². The van der Waals surface area contributed by atoms with Crippen molar-refractivity contribution < 1.29 is 0 Å². The van der Waals surface area contributed by atoms with E-state index >= 15 is 0 Å². The van der Waals surface area contributed by atoms with Crippen LogP contribution in [0.15, 0.2) is 36.7 Å². The number of rotatable bonds is 4. The minimum Gasteiger partial charge on any atom is -0.399 e. The smallest absolute Gasteiger partial charge is 0.0489 e. The summed E-state index contributed by atoms with van der Waals surface area (Å²) in [7, 11) is 0. The Morgan fingerprint density at radius 1 is 1.11 bits per heavy atom. The van der Waals surface area contributed by atoms with Crippen molar-refractivity contribution >= 4 is 48.6 Å². The second-order valence-electron chi connectivity index (χ2n) is 3.83. The third-order valence-electron chi connectivity index (χ3n) is 2.56. The van der Waals surface area contributed by atoms with Crippen molar-refractivity contribution in [2.75, 3.05) is 11.5 Å². The van der Waals surface area contributed by atoms with Gasteiger partial charge in [-0.1, -0.05) is 0 Å². The SMILES string of the molecule is Cl.Cl.Cl.Nc1ccc(N)c(CCCn2cccn2)c1. The molecule has 0 amide bonds. The van der Waals surface area contributed by atoms with Crippen molar-refractivity contribution in [1.82, 2.24) is 9.78 Å². The molecule has 0 saturated heterocycles. The van der Waals surface area contributed by atoms with E-state index < -0.39 is 0 Å². The molecule has 0 fully saturated rings. The number of benzene rings is 1. The van der Waals surface area contributed by atoms with Crippen LogP contribution in [0, 0.1) is 0 Å². The number of nitrogen functional groups attached to an aromatic ring is 2. The fourth-order valence-corrected chi connectivity index (χ4v) is 1.71. The van der Waals surface area contributed by atoms with Crippen molar-refractivity contribution in [2.45, 2.75) is 19.4 Å². The summed E-state index contributed by atoms with van der Waals surface area (Å²) in [6.07, 6.45) is 5.68. The maximum Gasteiger partial charge on any atom is 0.0489 e. The van der Waals surface area contributed by atoms with Gasteiger partial charge in [0, 0.05) is 30.3 Å². The van der Waals surface area contributed by atoms with Gasteiger partial charge in [-0.15, -0.1) is 37.2 Å². The van der Waals surface area contributed by atoms with Crippen LogP contribution in [0.25, 0.3) is 0 Å². The van der Waals surface area contributed by atoms with E-state index in [1.54, 1.807) is 6.20 Å². The summed E-state index contributed by atoms with van der Waals surface area (Å²) in [5.41, 5.74) is 14.3. The van der Waals surface area contributed by atoms with Crippen molar-refractivity contribution in [3.63, 3.8) is 0 Å². The Labute approximate surface area is 131 Å². The van der Waals surface area contributed by atoms with Crippen molar-refractivity contribution in [2.24, 2.45) is 0 Å². The van der Waals surface area contributed by atoms with Crippen molar-refractivity contribution in [3.8, 4) is 0 Å². The first-order chi connectivity index (χ1) is 7.75. The van der Waals surface area contributed by atoms with Gasteiger partial charge in [-0.05, 0) is 42.7 Å². The van der Waals surface area contributed by atoms with Crippen LogP contribution in [0.4, 0.5) is 11.4 Å². The topological polar surface area (TPSA) is 69.9 Å². The molecule has 0 aliphatic carbocycles. The number of anilines is 2. The number of nitrogens with zero attached hydrogens (tertiary/aromatic N) is 2. The predicted octanol–water partition coefficient (Wildman–Crippen LogP) is 2.95. The molecule has 0 bridgehead atoms. The van der Waals surface area contributed by atoms with E-state index in [-0.39, 0.29) is 37.2 Å². The summed E-state index contributed by atoms with van der Waals surface area (Å²) < 4.78 is 1.92. The normalized spacial score (nSPS) is 8.84. The number of aromatic nitrogens is 2. The van der Waals surface area contributed by atoms with Gasteiger partial charge in [0.15, 0.2) is 0 Å². The first-order valence-corrected chi connectivity index (χ1v) is 5.37. The molecular formula is C12H19Cl3N4.